The van der Waals surface area contributed by atoms with Crippen LogP contribution in [0.15, 0.2) is 67.0 Å². The smallest absolute Gasteiger partial charge is 0.127 e. The van der Waals surface area contributed by atoms with Crippen molar-refractivity contribution in [3.8, 4) is 0 Å². The van der Waals surface area contributed by atoms with Crippen LogP contribution in [0.3, 0.4) is 0 Å². The predicted molar refractivity (Wildman–Crippen MR) is 95.4 cm³/mol. The van der Waals surface area contributed by atoms with E-state index in [1.807, 2.05) is 46.2 Å². The molecule has 0 aliphatic rings. The first-order chi connectivity index (χ1) is 12.2. The summed E-state index contributed by atoms with van der Waals surface area (Å²) in [4.78, 5) is 2.02. The minimum atomic E-state index is -0.217. The molecule has 0 spiro atoms. The topological polar surface area (TPSA) is 41.3 Å². The van der Waals surface area contributed by atoms with Crippen LogP contribution >= 0.6 is 0 Å². The lowest BCUT2D eigenvalue weighted by Crippen LogP contribution is -2.26. The fourth-order valence-corrected chi connectivity index (χ4v) is 2.83. The van der Waals surface area contributed by atoms with Gasteiger partial charge in [-0.25, -0.2) is 4.39 Å². The third-order valence-electron chi connectivity index (χ3n) is 4.05. The van der Waals surface area contributed by atoms with Crippen molar-refractivity contribution < 1.29 is 9.50 Å². The van der Waals surface area contributed by atoms with Gasteiger partial charge in [-0.05, 0) is 11.6 Å². The van der Waals surface area contributed by atoms with Gasteiger partial charge in [-0.2, -0.15) is 5.10 Å². The Morgan fingerprint density at radius 2 is 1.72 bits per heavy atom. The van der Waals surface area contributed by atoms with Crippen LogP contribution in [-0.2, 0) is 19.6 Å². The molecule has 0 unspecified atom stereocenters. The second-order valence-electron chi connectivity index (χ2n) is 6.06. The van der Waals surface area contributed by atoms with Gasteiger partial charge in [0, 0.05) is 37.0 Å². The Bertz CT molecular complexity index is 788. The van der Waals surface area contributed by atoms with E-state index < -0.39 is 0 Å². The molecule has 3 rings (SSSR count). The first-order valence-corrected chi connectivity index (χ1v) is 8.36. The van der Waals surface area contributed by atoms with Gasteiger partial charge >= 0.3 is 0 Å². The van der Waals surface area contributed by atoms with Crippen molar-refractivity contribution >= 4 is 0 Å². The summed E-state index contributed by atoms with van der Waals surface area (Å²) in [5.41, 5.74) is 2.86. The zero-order valence-corrected chi connectivity index (χ0v) is 14.1. The third-order valence-corrected chi connectivity index (χ3v) is 4.05. The lowest BCUT2D eigenvalue weighted by atomic mass is 10.2. The van der Waals surface area contributed by atoms with Crippen molar-refractivity contribution in [2.75, 3.05) is 13.2 Å². The highest BCUT2D eigenvalue weighted by molar-refractivity contribution is 5.18. The molecular weight excluding hydrogens is 317 g/mol. The van der Waals surface area contributed by atoms with E-state index >= 15 is 0 Å². The highest BCUT2D eigenvalue weighted by Crippen LogP contribution is 2.13. The van der Waals surface area contributed by atoms with Crippen molar-refractivity contribution in [2.45, 2.75) is 19.6 Å². The Kier molecular flexibility index (Phi) is 5.93. The van der Waals surface area contributed by atoms with Gasteiger partial charge in [0.05, 0.1) is 19.3 Å². The van der Waals surface area contributed by atoms with E-state index in [1.165, 1.54) is 11.6 Å². The number of aliphatic hydroxyl groups excluding tert-OH is 1. The monoisotopic (exact) mass is 339 g/mol. The molecule has 0 aliphatic carbocycles. The summed E-state index contributed by atoms with van der Waals surface area (Å²) in [7, 11) is 0. The molecule has 0 radical (unpaired) electrons. The summed E-state index contributed by atoms with van der Waals surface area (Å²) in [6.45, 7) is 2.31. The number of benzene rings is 2. The second kappa shape index (κ2) is 8.55. The molecule has 25 heavy (non-hydrogen) atoms. The Balaban J connectivity index is 1.65. The van der Waals surface area contributed by atoms with Crippen LogP contribution < -0.4 is 0 Å². The maximum atomic E-state index is 13.9. The minimum absolute atomic E-state index is 0.0343. The summed E-state index contributed by atoms with van der Waals surface area (Å²) >= 11 is 0. The van der Waals surface area contributed by atoms with Gasteiger partial charge in [-0.3, -0.25) is 9.58 Å². The van der Waals surface area contributed by atoms with E-state index in [-0.39, 0.29) is 12.4 Å². The van der Waals surface area contributed by atoms with Crippen LogP contribution in [-0.4, -0.2) is 32.9 Å². The molecule has 1 aromatic heterocycles. The van der Waals surface area contributed by atoms with Crippen molar-refractivity contribution in [3.05, 3.63) is 89.5 Å². The van der Waals surface area contributed by atoms with Gasteiger partial charge in [0.15, 0.2) is 0 Å². The fraction of sp³-hybridized carbons (Fsp3) is 0.250. The van der Waals surface area contributed by atoms with Gasteiger partial charge in [-0.1, -0.05) is 48.5 Å². The van der Waals surface area contributed by atoms with Crippen molar-refractivity contribution in [3.63, 3.8) is 0 Å². The molecule has 5 heteroatoms. The molecule has 2 aromatic carbocycles. The molecule has 0 amide bonds. The zero-order valence-electron chi connectivity index (χ0n) is 14.1. The molecule has 0 atom stereocenters. The Morgan fingerprint density at radius 1 is 0.960 bits per heavy atom. The molecule has 0 aliphatic heterocycles. The van der Waals surface area contributed by atoms with E-state index in [0.29, 0.717) is 31.7 Å². The standard InChI is InChI=1S/C20H22FN3O/c21-20-9-5-4-8-19(20)16-23(10-11-25)13-18-12-22-24(15-18)14-17-6-2-1-3-7-17/h1-9,12,15,25H,10-11,13-14,16H2. The lowest BCUT2D eigenvalue weighted by Gasteiger charge is -2.20. The Labute approximate surface area is 147 Å². The van der Waals surface area contributed by atoms with Gasteiger partial charge in [0.2, 0.25) is 0 Å². The molecule has 1 heterocycles. The third kappa shape index (κ3) is 4.98. The average Bonchev–Trinajstić information content (AvgIpc) is 3.05. The maximum Gasteiger partial charge on any atom is 0.127 e. The molecule has 130 valence electrons. The SMILES string of the molecule is OCCN(Cc1cnn(Cc2ccccc2)c1)Cc1ccccc1F. The predicted octanol–water partition coefficient (Wildman–Crippen LogP) is 3.07. The summed E-state index contributed by atoms with van der Waals surface area (Å²) in [6.07, 6.45) is 3.83. The molecule has 0 bridgehead atoms. The van der Waals surface area contributed by atoms with Gasteiger partial charge < -0.3 is 5.11 Å². The molecule has 0 saturated carbocycles. The fourth-order valence-electron chi connectivity index (χ4n) is 2.83. The highest BCUT2D eigenvalue weighted by atomic mass is 19.1. The molecule has 4 nitrogen and oxygen atoms in total. The largest absolute Gasteiger partial charge is 0.395 e. The molecule has 0 fully saturated rings. The van der Waals surface area contributed by atoms with Crippen molar-refractivity contribution in [1.29, 1.82) is 0 Å². The van der Waals surface area contributed by atoms with E-state index in [4.69, 9.17) is 0 Å². The minimum Gasteiger partial charge on any atom is -0.395 e. The number of aromatic nitrogens is 2. The summed E-state index contributed by atoms with van der Waals surface area (Å²) in [5.74, 6) is -0.217. The lowest BCUT2D eigenvalue weighted by molar-refractivity contribution is 0.183. The average molecular weight is 339 g/mol. The van der Waals surface area contributed by atoms with Crippen LogP contribution in [0.5, 0.6) is 0 Å². The van der Waals surface area contributed by atoms with E-state index in [9.17, 15) is 9.50 Å². The zero-order chi connectivity index (χ0) is 17.5. The van der Waals surface area contributed by atoms with Crippen molar-refractivity contribution in [2.24, 2.45) is 0 Å². The summed E-state index contributed by atoms with van der Waals surface area (Å²) in [6, 6.07) is 16.9. The van der Waals surface area contributed by atoms with Crippen LogP contribution in [0, 0.1) is 5.82 Å². The maximum absolute atomic E-state index is 13.9. The second-order valence-corrected chi connectivity index (χ2v) is 6.06. The first-order valence-electron chi connectivity index (χ1n) is 8.36. The summed E-state index contributed by atoms with van der Waals surface area (Å²) < 4.78 is 15.8. The number of rotatable bonds is 8. The number of hydrogen-bond acceptors (Lipinski definition) is 3. The molecule has 0 saturated heterocycles. The van der Waals surface area contributed by atoms with E-state index in [0.717, 1.165) is 5.56 Å². The number of halogens is 1. The quantitative estimate of drug-likeness (QED) is 0.686. The van der Waals surface area contributed by atoms with E-state index in [2.05, 4.69) is 17.2 Å². The summed E-state index contributed by atoms with van der Waals surface area (Å²) in [5, 5.41) is 13.7. The number of aliphatic hydroxyl groups is 1. The number of nitrogens with zero attached hydrogens (tertiary/aromatic N) is 3. The Hall–Kier alpha value is -2.50. The van der Waals surface area contributed by atoms with E-state index in [1.54, 1.807) is 12.1 Å². The molecular formula is C20H22FN3O. The first kappa shape index (κ1) is 17.3. The van der Waals surface area contributed by atoms with Gasteiger partial charge in [-0.15, -0.1) is 0 Å². The molecule has 3 aromatic rings. The van der Waals surface area contributed by atoms with Crippen LogP contribution in [0.25, 0.3) is 0 Å². The molecule has 1 N–H and O–H groups in total. The normalized spacial score (nSPS) is 11.2. The van der Waals surface area contributed by atoms with Crippen LogP contribution in [0.2, 0.25) is 0 Å². The Morgan fingerprint density at radius 3 is 2.48 bits per heavy atom. The number of hydrogen-bond donors (Lipinski definition) is 1. The van der Waals surface area contributed by atoms with Gasteiger partial charge in [0.1, 0.15) is 5.82 Å². The van der Waals surface area contributed by atoms with Crippen molar-refractivity contribution in [1.82, 2.24) is 14.7 Å². The van der Waals surface area contributed by atoms with Crippen LogP contribution in [0.1, 0.15) is 16.7 Å². The van der Waals surface area contributed by atoms with Crippen LogP contribution in [0.4, 0.5) is 4.39 Å². The highest BCUT2D eigenvalue weighted by Gasteiger charge is 2.11. The van der Waals surface area contributed by atoms with Gasteiger partial charge in [0.25, 0.3) is 0 Å².